The fraction of sp³-hybridized carbons (Fsp3) is 0.212. The molecule has 4 aromatic rings. The molecule has 0 saturated carbocycles. The van der Waals surface area contributed by atoms with Gasteiger partial charge >= 0.3 is 0 Å². The van der Waals surface area contributed by atoms with Crippen molar-refractivity contribution >= 4 is 23.2 Å². The highest BCUT2D eigenvalue weighted by Gasteiger charge is 2.60. The summed E-state index contributed by atoms with van der Waals surface area (Å²) in [4.78, 5) is 35.0. The molecule has 2 aliphatic heterocycles. The van der Waals surface area contributed by atoms with Crippen molar-refractivity contribution in [3.63, 3.8) is 0 Å². The first kappa shape index (κ1) is 25.6. The molecule has 202 valence electrons. The second-order valence-electron chi connectivity index (χ2n) is 9.92. The zero-order valence-electron chi connectivity index (χ0n) is 22.4. The number of carbonyl (C=O) groups is 2. The molecule has 0 spiro atoms. The Labute approximate surface area is 233 Å². The van der Waals surface area contributed by atoms with Gasteiger partial charge in [-0.25, -0.2) is 9.96 Å². The highest BCUT2D eigenvalue weighted by molar-refractivity contribution is 6.23. The molecule has 2 fully saturated rings. The number of anilines is 2. The molecule has 2 heterocycles. The maximum Gasteiger partial charge on any atom is 0.266 e. The summed E-state index contributed by atoms with van der Waals surface area (Å²) in [6.07, 6.45) is -0.941. The Kier molecular flexibility index (Phi) is 6.97. The fourth-order valence-electron chi connectivity index (χ4n) is 5.33. The van der Waals surface area contributed by atoms with Gasteiger partial charge in [-0.05, 0) is 61.4 Å². The number of ether oxygens (including phenoxy) is 2. The Hall–Kier alpha value is -4.62. The number of benzene rings is 4. The van der Waals surface area contributed by atoms with Crippen LogP contribution in [0.3, 0.4) is 0 Å². The molecule has 40 heavy (non-hydrogen) atoms. The van der Waals surface area contributed by atoms with Gasteiger partial charge in [0.25, 0.3) is 5.91 Å². The third-order valence-electron chi connectivity index (χ3n) is 7.26. The minimum Gasteiger partial charge on any atom is -0.490 e. The molecule has 6 rings (SSSR count). The smallest absolute Gasteiger partial charge is 0.266 e. The van der Waals surface area contributed by atoms with Gasteiger partial charge in [0.2, 0.25) is 5.91 Å². The Morgan fingerprint density at radius 3 is 2.15 bits per heavy atom. The molecule has 7 nitrogen and oxygen atoms in total. The molecule has 2 aliphatic rings. The predicted molar refractivity (Wildman–Crippen MR) is 152 cm³/mol. The van der Waals surface area contributed by atoms with Crippen LogP contribution in [0.25, 0.3) is 0 Å². The normalized spacial score (nSPS) is 20.1. The van der Waals surface area contributed by atoms with Crippen LogP contribution in [0.2, 0.25) is 0 Å². The van der Waals surface area contributed by atoms with Crippen molar-refractivity contribution in [3.05, 3.63) is 120 Å². The van der Waals surface area contributed by atoms with E-state index < -0.39 is 18.1 Å². The van der Waals surface area contributed by atoms with Crippen molar-refractivity contribution < 1.29 is 23.9 Å². The van der Waals surface area contributed by atoms with Gasteiger partial charge in [0, 0.05) is 0 Å². The van der Waals surface area contributed by atoms with Crippen molar-refractivity contribution in [1.82, 2.24) is 0 Å². The van der Waals surface area contributed by atoms with Crippen LogP contribution in [0, 0.1) is 12.8 Å². The van der Waals surface area contributed by atoms with Crippen molar-refractivity contribution in [3.8, 4) is 11.5 Å². The third-order valence-corrected chi connectivity index (χ3v) is 7.26. The van der Waals surface area contributed by atoms with E-state index in [0.29, 0.717) is 30.4 Å². The lowest BCUT2D eigenvalue weighted by Crippen LogP contribution is -2.37. The maximum absolute atomic E-state index is 13.9. The fourth-order valence-corrected chi connectivity index (χ4v) is 5.33. The van der Waals surface area contributed by atoms with Crippen molar-refractivity contribution in [2.24, 2.45) is 5.92 Å². The standard InChI is InChI=1S/C33H30N2O5/c1-3-38-28-20-24(16-19-27(28)39-21-23-10-6-4-7-11-23)30-29-31(40-35(30)26-12-8-5-9-13-26)33(37)34(32(29)36)25-17-14-22(2)15-18-25/h4-20,29-31H,3,21H2,1-2H3/t29-,30+,31+/m0/s1. The summed E-state index contributed by atoms with van der Waals surface area (Å²) in [6.45, 7) is 4.72. The van der Waals surface area contributed by atoms with E-state index in [-0.39, 0.29) is 11.8 Å². The summed E-state index contributed by atoms with van der Waals surface area (Å²) in [5.74, 6) is -0.217. The number of carbonyl (C=O) groups excluding carboxylic acids is 2. The monoisotopic (exact) mass is 534 g/mol. The average Bonchev–Trinajstić information content (AvgIpc) is 3.49. The van der Waals surface area contributed by atoms with Crippen LogP contribution in [0.1, 0.15) is 29.7 Å². The number of hydrogen-bond acceptors (Lipinski definition) is 6. The zero-order valence-corrected chi connectivity index (χ0v) is 22.4. The van der Waals surface area contributed by atoms with E-state index in [1.165, 1.54) is 4.90 Å². The van der Waals surface area contributed by atoms with Gasteiger partial charge in [-0.15, -0.1) is 0 Å². The summed E-state index contributed by atoms with van der Waals surface area (Å²) in [7, 11) is 0. The van der Waals surface area contributed by atoms with Crippen molar-refractivity contribution in [2.45, 2.75) is 32.6 Å². The second-order valence-corrected chi connectivity index (χ2v) is 9.92. The number of imide groups is 1. The minimum atomic E-state index is -0.941. The van der Waals surface area contributed by atoms with Gasteiger partial charge in [0.05, 0.1) is 24.0 Å². The van der Waals surface area contributed by atoms with E-state index >= 15 is 0 Å². The third kappa shape index (κ3) is 4.69. The highest BCUT2D eigenvalue weighted by atomic mass is 16.7. The van der Waals surface area contributed by atoms with Crippen LogP contribution in [-0.2, 0) is 21.0 Å². The summed E-state index contributed by atoms with van der Waals surface area (Å²) >= 11 is 0. The summed E-state index contributed by atoms with van der Waals surface area (Å²) in [5.41, 5.74) is 4.18. The lowest BCUT2D eigenvalue weighted by molar-refractivity contribution is -0.126. The molecular formula is C33H30N2O5. The van der Waals surface area contributed by atoms with Crippen LogP contribution in [-0.4, -0.2) is 24.5 Å². The van der Waals surface area contributed by atoms with Gasteiger partial charge in [-0.2, -0.15) is 0 Å². The Balaban J connectivity index is 1.37. The molecule has 0 unspecified atom stereocenters. The SMILES string of the molecule is CCOc1cc([C@@H]2[C@@H]3C(=O)N(c4ccc(C)cc4)C(=O)[C@@H]3ON2c2ccccc2)ccc1OCc1ccccc1. The molecule has 7 heteroatoms. The lowest BCUT2D eigenvalue weighted by atomic mass is 9.90. The van der Waals surface area contributed by atoms with E-state index in [2.05, 4.69) is 0 Å². The van der Waals surface area contributed by atoms with Crippen LogP contribution in [0.15, 0.2) is 103 Å². The Morgan fingerprint density at radius 1 is 0.750 bits per heavy atom. The average molecular weight is 535 g/mol. The molecule has 0 radical (unpaired) electrons. The van der Waals surface area contributed by atoms with E-state index in [0.717, 1.165) is 22.4 Å². The number of amides is 2. The van der Waals surface area contributed by atoms with Gasteiger partial charge in [0.15, 0.2) is 17.6 Å². The molecule has 0 aliphatic carbocycles. The van der Waals surface area contributed by atoms with E-state index in [4.69, 9.17) is 14.3 Å². The van der Waals surface area contributed by atoms with Crippen LogP contribution in [0.4, 0.5) is 11.4 Å². The van der Waals surface area contributed by atoms with Crippen LogP contribution < -0.4 is 19.4 Å². The van der Waals surface area contributed by atoms with Crippen LogP contribution >= 0.6 is 0 Å². The first-order valence-electron chi connectivity index (χ1n) is 13.4. The molecule has 0 N–H and O–H groups in total. The largest absolute Gasteiger partial charge is 0.490 e. The Bertz CT molecular complexity index is 1510. The van der Waals surface area contributed by atoms with Crippen molar-refractivity contribution in [1.29, 1.82) is 0 Å². The number of hydrogen-bond donors (Lipinski definition) is 0. The number of hydroxylamine groups is 1. The molecule has 0 aromatic heterocycles. The number of nitrogens with zero attached hydrogens (tertiary/aromatic N) is 2. The van der Waals surface area contributed by atoms with Gasteiger partial charge in [-0.3, -0.25) is 14.4 Å². The number of fused-ring (bicyclic) bond motifs is 1. The van der Waals surface area contributed by atoms with Gasteiger partial charge in [0.1, 0.15) is 12.5 Å². The molecule has 0 bridgehead atoms. The topological polar surface area (TPSA) is 68.3 Å². The first-order chi connectivity index (χ1) is 19.5. The molecule has 2 saturated heterocycles. The van der Waals surface area contributed by atoms with Crippen LogP contribution in [0.5, 0.6) is 11.5 Å². The number of aryl methyl sites for hydroxylation is 1. The summed E-state index contributed by atoms with van der Waals surface area (Å²) in [5, 5.41) is 1.69. The van der Waals surface area contributed by atoms with Gasteiger partial charge < -0.3 is 9.47 Å². The van der Waals surface area contributed by atoms with Crippen molar-refractivity contribution in [2.75, 3.05) is 16.6 Å². The molecule has 4 aromatic carbocycles. The first-order valence-corrected chi connectivity index (χ1v) is 13.4. The zero-order chi connectivity index (χ0) is 27.6. The summed E-state index contributed by atoms with van der Waals surface area (Å²) in [6, 6.07) is 31.9. The quantitative estimate of drug-likeness (QED) is 0.258. The molecular weight excluding hydrogens is 504 g/mol. The summed E-state index contributed by atoms with van der Waals surface area (Å²) < 4.78 is 12.1. The predicted octanol–water partition coefficient (Wildman–Crippen LogP) is 6.02. The van der Waals surface area contributed by atoms with E-state index in [1.54, 1.807) is 17.2 Å². The highest BCUT2D eigenvalue weighted by Crippen LogP contribution is 2.48. The van der Waals surface area contributed by atoms with E-state index in [1.807, 2.05) is 105 Å². The van der Waals surface area contributed by atoms with E-state index in [9.17, 15) is 9.59 Å². The Morgan fingerprint density at radius 2 is 1.45 bits per heavy atom. The number of rotatable bonds is 8. The molecule has 3 atom stereocenters. The number of para-hydroxylation sites is 1. The van der Waals surface area contributed by atoms with Gasteiger partial charge in [-0.1, -0.05) is 72.3 Å². The lowest BCUT2D eigenvalue weighted by Gasteiger charge is -2.29. The second kappa shape index (κ2) is 10.9. The minimum absolute atomic E-state index is 0.287. The molecule has 2 amide bonds. The maximum atomic E-state index is 13.9.